The van der Waals surface area contributed by atoms with Gasteiger partial charge in [-0.05, 0) is 67.7 Å². The topological polar surface area (TPSA) is 49.9 Å². The fourth-order valence-electron chi connectivity index (χ4n) is 3.16. The van der Waals surface area contributed by atoms with Crippen LogP contribution in [0.1, 0.15) is 44.0 Å². The van der Waals surface area contributed by atoms with Crippen molar-refractivity contribution in [2.75, 3.05) is 19.6 Å². The van der Waals surface area contributed by atoms with Crippen molar-refractivity contribution in [2.45, 2.75) is 44.8 Å². The molecule has 2 fully saturated rings. The number of carbonyl (C=O) groups excluding carboxylic acids is 2. The van der Waals surface area contributed by atoms with E-state index in [1.54, 1.807) is 15.9 Å². The van der Waals surface area contributed by atoms with Gasteiger partial charge in [0.05, 0.1) is 11.1 Å². The van der Waals surface area contributed by atoms with Crippen molar-refractivity contribution in [2.24, 2.45) is 0 Å². The SMILES string of the molecule is CC(C)(C)OC(=O)N1CCN(C(=O)c2cc(F)ccc2Br)C2(CC2)C1. The van der Waals surface area contributed by atoms with E-state index >= 15 is 0 Å². The highest BCUT2D eigenvalue weighted by Gasteiger charge is 2.54. The molecule has 7 heteroatoms. The first-order valence-corrected chi connectivity index (χ1v) is 9.16. The predicted octanol–water partition coefficient (Wildman–Crippen LogP) is 3.81. The summed E-state index contributed by atoms with van der Waals surface area (Å²) in [5, 5.41) is 0. The van der Waals surface area contributed by atoms with Gasteiger partial charge >= 0.3 is 6.09 Å². The van der Waals surface area contributed by atoms with Crippen LogP contribution in [0.25, 0.3) is 0 Å². The van der Waals surface area contributed by atoms with Crippen LogP contribution in [0.3, 0.4) is 0 Å². The Labute approximate surface area is 155 Å². The largest absolute Gasteiger partial charge is 0.444 e. The smallest absolute Gasteiger partial charge is 0.410 e. The Bertz CT molecular complexity index is 713. The van der Waals surface area contributed by atoms with Gasteiger partial charge in [-0.2, -0.15) is 0 Å². The molecule has 5 nitrogen and oxygen atoms in total. The molecule has 2 aliphatic rings. The molecule has 0 atom stereocenters. The van der Waals surface area contributed by atoms with Gasteiger partial charge in [-0.25, -0.2) is 9.18 Å². The van der Waals surface area contributed by atoms with Gasteiger partial charge in [-0.15, -0.1) is 0 Å². The van der Waals surface area contributed by atoms with E-state index in [9.17, 15) is 14.0 Å². The zero-order valence-electron chi connectivity index (χ0n) is 14.6. The van der Waals surface area contributed by atoms with Gasteiger partial charge in [0.15, 0.2) is 0 Å². The zero-order valence-corrected chi connectivity index (χ0v) is 16.2. The highest BCUT2D eigenvalue weighted by molar-refractivity contribution is 9.10. The number of nitrogens with zero attached hydrogens (tertiary/aromatic N) is 2. The first-order valence-electron chi connectivity index (χ1n) is 8.36. The third-order valence-electron chi connectivity index (χ3n) is 4.53. The van der Waals surface area contributed by atoms with E-state index in [4.69, 9.17) is 4.74 Å². The highest BCUT2D eigenvalue weighted by Crippen LogP contribution is 2.45. The van der Waals surface area contributed by atoms with Crippen LogP contribution in [0.2, 0.25) is 0 Å². The second kappa shape index (κ2) is 6.27. The van der Waals surface area contributed by atoms with E-state index in [0.29, 0.717) is 29.7 Å². The molecule has 3 rings (SSSR count). The second-order valence-electron chi connectivity index (χ2n) is 7.71. The molecule has 1 saturated carbocycles. The van der Waals surface area contributed by atoms with E-state index in [-0.39, 0.29) is 17.5 Å². The number of carbonyl (C=O) groups is 2. The zero-order chi connectivity index (χ0) is 18.4. The van der Waals surface area contributed by atoms with Crippen LogP contribution in [-0.4, -0.2) is 52.6 Å². The summed E-state index contributed by atoms with van der Waals surface area (Å²) in [5.41, 5.74) is -0.581. The third-order valence-corrected chi connectivity index (χ3v) is 5.23. The van der Waals surface area contributed by atoms with Crippen molar-refractivity contribution >= 4 is 27.9 Å². The van der Waals surface area contributed by atoms with Gasteiger partial charge in [-0.1, -0.05) is 0 Å². The van der Waals surface area contributed by atoms with Crippen LogP contribution in [0.15, 0.2) is 22.7 Å². The molecule has 0 radical (unpaired) electrons. The van der Waals surface area contributed by atoms with E-state index in [2.05, 4.69) is 15.9 Å². The monoisotopic (exact) mass is 412 g/mol. The van der Waals surface area contributed by atoms with Crippen LogP contribution in [0.5, 0.6) is 0 Å². The van der Waals surface area contributed by atoms with Crippen LogP contribution < -0.4 is 0 Å². The lowest BCUT2D eigenvalue weighted by molar-refractivity contribution is 0.000606. The Morgan fingerprint density at radius 2 is 1.92 bits per heavy atom. The summed E-state index contributed by atoms with van der Waals surface area (Å²) in [6.07, 6.45) is 1.33. The molecule has 0 bridgehead atoms. The molecule has 2 amide bonds. The summed E-state index contributed by atoms with van der Waals surface area (Å²) >= 11 is 3.33. The van der Waals surface area contributed by atoms with Crippen molar-refractivity contribution in [3.05, 3.63) is 34.1 Å². The summed E-state index contributed by atoms with van der Waals surface area (Å²) < 4.78 is 19.6. The molecule has 1 aromatic carbocycles. The van der Waals surface area contributed by atoms with Crippen molar-refractivity contribution < 1.29 is 18.7 Å². The molecule has 1 heterocycles. The van der Waals surface area contributed by atoms with Crippen LogP contribution in [0.4, 0.5) is 9.18 Å². The fraction of sp³-hybridized carbons (Fsp3) is 0.556. The first kappa shape index (κ1) is 18.2. The molecule has 136 valence electrons. The van der Waals surface area contributed by atoms with Gasteiger partial charge < -0.3 is 14.5 Å². The number of benzene rings is 1. The minimum atomic E-state index is -0.548. The van der Waals surface area contributed by atoms with Crippen molar-refractivity contribution in [3.63, 3.8) is 0 Å². The predicted molar refractivity (Wildman–Crippen MR) is 94.9 cm³/mol. The Morgan fingerprint density at radius 3 is 2.52 bits per heavy atom. The van der Waals surface area contributed by atoms with E-state index in [1.165, 1.54) is 12.1 Å². The lowest BCUT2D eigenvalue weighted by atomic mass is 10.1. The molecule has 25 heavy (non-hydrogen) atoms. The van der Waals surface area contributed by atoms with Crippen molar-refractivity contribution in [1.82, 2.24) is 9.80 Å². The Balaban J connectivity index is 1.75. The summed E-state index contributed by atoms with van der Waals surface area (Å²) in [5.74, 6) is -0.642. The molecule has 1 aromatic rings. The van der Waals surface area contributed by atoms with E-state index in [1.807, 2.05) is 20.8 Å². The van der Waals surface area contributed by atoms with Crippen molar-refractivity contribution in [1.29, 1.82) is 0 Å². The van der Waals surface area contributed by atoms with E-state index in [0.717, 1.165) is 12.8 Å². The van der Waals surface area contributed by atoms with Gasteiger partial charge in [0.2, 0.25) is 0 Å². The average molecular weight is 413 g/mol. The summed E-state index contributed by atoms with van der Waals surface area (Å²) in [6.45, 7) is 6.79. The molecule has 0 aromatic heterocycles. The summed E-state index contributed by atoms with van der Waals surface area (Å²) in [4.78, 5) is 28.7. The molecule has 1 saturated heterocycles. The average Bonchev–Trinajstić information content (AvgIpc) is 3.27. The second-order valence-corrected chi connectivity index (χ2v) is 8.56. The fourth-order valence-corrected chi connectivity index (χ4v) is 3.57. The van der Waals surface area contributed by atoms with Gasteiger partial charge in [-0.3, -0.25) is 4.79 Å². The normalized spacial score (nSPS) is 19.1. The number of ether oxygens (including phenoxy) is 1. The quantitative estimate of drug-likeness (QED) is 0.704. The van der Waals surface area contributed by atoms with Gasteiger partial charge in [0.25, 0.3) is 5.91 Å². The molecule has 0 unspecified atom stereocenters. The van der Waals surface area contributed by atoms with Gasteiger partial charge in [0, 0.05) is 24.1 Å². The number of piperazine rings is 1. The number of hydrogen-bond acceptors (Lipinski definition) is 3. The standard InChI is InChI=1S/C18H22BrFN2O3/c1-17(2,3)25-16(24)21-8-9-22(18(11-21)6-7-18)15(23)13-10-12(20)4-5-14(13)19/h4-5,10H,6-9,11H2,1-3H3. The molecule has 1 aliphatic heterocycles. The molecule has 0 N–H and O–H groups in total. The highest BCUT2D eigenvalue weighted by atomic mass is 79.9. The lowest BCUT2D eigenvalue weighted by Gasteiger charge is -2.42. The summed E-state index contributed by atoms with van der Waals surface area (Å²) in [6, 6.07) is 4.11. The Morgan fingerprint density at radius 1 is 1.24 bits per heavy atom. The lowest BCUT2D eigenvalue weighted by Crippen LogP contribution is -2.58. The number of hydrogen-bond donors (Lipinski definition) is 0. The summed E-state index contributed by atoms with van der Waals surface area (Å²) in [7, 11) is 0. The number of amides is 2. The third kappa shape index (κ3) is 3.81. The van der Waals surface area contributed by atoms with E-state index < -0.39 is 11.4 Å². The maximum atomic E-state index is 13.5. The van der Waals surface area contributed by atoms with Crippen molar-refractivity contribution in [3.8, 4) is 0 Å². The van der Waals surface area contributed by atoms with Crippen LogP contribution in [0, 0.1) is 5.82 Å². The number of halogens is 2. The van der Waals surface area contributed by atoms with Gasteiger partial charge in [0.1, 0.15) is 11.4 Å². The Kier molecular flexibility index (Phi) is 4.56. The minimum absolute atomic E-state index is 0.201. The molecular weight excluding hydrogens is 391 g/mol. The minimum Gasteiger partial charge on any atom is -0.444 e. The first-order chi connectivity index (χ1) is 11.6. The maximum absolute atomic E-state index is 13.5. The molecule has 1 spiro atoms. The molecular formula is C18H22BrFN2O3. The van der Waals surface area contributed by atoms with Crippen LogP contribution in [-0.2, 0) is 4.74 Å². The maximum Gasteiger partial charge on any atom is 0.410 e. The number of rotatable bonds is 1. The van der Waals surface area contributed by atoms with Crippen LogP contribution >= 0.6 is 15.9 Å². The molecule has 1 aliphatic carbocycles. The Hall–Kier alpha value is -1.63.